The Morgan fingerprint density at radius 2 is 2.14 bits per heavy atom. The lowest BCUT2D eigenvalue weighted by molar-refractivity contribution is -0.137. The second-order valence-corrected chi connectivity index (χ2v) is 6.86. The fourth-order valence-electron chi connectivity index (χ4n) is 2.35. The number of hydrogen-bond donors (Lipinski definition) is 1. The van der Waals surface area contributed by atoms with Crippen LogP contribution >= 0.6 is 0 Å². The Labute approximate surface area is 121 Å². The van der Waals surface area contributed by atoms with Crippen LogP contribution in [0.2, 0.25) is 0 Å². The first-order chi connectivity index (χ1) is 9.65. The summed E-state index contributed by atoms with van der Waals surface area (Å²) in [5, 5.41) is 0. The number of piperidine rings is 1. The molecule has 118 valence electrons. The summed E-state index contributed by atoms with van der Waals surface area (Å²) in [6, 6.07) is 1.59. The van der Waals surface area contributed by atoms with Gasteiger partial charge in [-0.25, -0.2) is 18.1 Å². The van der Waals surface area contributed by atoms with Crippen LogP contribution in [-0.4, -0.2) is 38.8 Å². The van der Waals surface area contributed by atoms with E-state index < -0.39 is 21.8 Å². The maximum atomic E-state index is 12.7. The number of rotatable bonds is 3. The van der Waals surface area contributed by atoms with Crippen LogP contribution in [0, 0.1) is 0 Å². The predicted octanol–water partition coefficient (Wildman–Crippen LogP) is 1.62. The minimum atomic E-state index is -4.42. The molecule has 0 aliphatic carbocycles. The molecular weight excluding hydrogens is 307 g/mol. The normalized spacial score (nSPS) is 20.6. The number of halogens is 3. The third-order valence-corrected chi connectivity index (χ3v) is 3.96. The highest BCUT2D eigenvalue weighted by molar-refractivity contribution is 7.88. The van der Waals surface area contributed by atoms with Crippen LogP contribution in [-0.2, 0) is 16.2 Å². The van der Waals surface area contributed by atoms with Gasteiger partial charge in [0.2, 0.25) is 10.0 Å². The minimum Gasteiger partial charge on any atom is -0.355 e. The molecule has 0 saturated carbocycles. The fraction of sp³-hybridized carbons (Fsp3) is 0.583. The minimum absolute atomic E-state index is 0.213. The van der Waals surface area contributed by atoms with E-state index in [-0.39, 0.29) is 11.9 Å². The summed E-state index contributed by atoms with van der Waals surface area (Å²) in [5.74, 6) is 0.213. The standard InChI is InChI=1S/C12H16F3N3O2S/c1-21(19,20)17-10-3-2-6-18(8-10)11-7-9(4-5-16-11)12(13,14)15/h4-5,7,10,17H,2-3,6,8H2,1H3. The average molecular weight is 323 g/mol. The van der Waals surface area contributed by atoms with Crippen molar-refractivity contribution in [1.82, 2.24) is 9.71 Å². The summed E-state index contributed by atoms with van der Waals surface area (Å²) in [5.41, 5.74) is -0.759. The summed E-state index contributed by atoms with van der Waals surface area (Å²) in [6.07, 6.45) is -0.897. The molecule has 2 heterocycles. The molecule has 21 heavy (non-hydrogen) atoms. The highest BCUT2D eigenvalue weighted by Gasteiger charge is 2.32. The molecule has 1 aliphatic rings. The first-order valence-corrected chi connectivity index (χ1v) is 8.30. The zero-order valence-corrected chi connectivity index (χ0v) is 12.2. The first kappa shape index (κ1) is 16.0. The highest BCUT2D eigenvalue weighted by atomic mass is 32.2. The van der Waals surface area contributed by atoms with E-state index >= 15 is 0 Å². The number of pyridine rings is 1. The zero-order chi connectivity index (χ0) is 15.7. The number of aromatic nitrogens is 1. The second-order valence-electron chi connectivity index (χ2n) is 5.08. The van der Waals surface area contributed by atoms with Gasteiger partial charge in [-0.1, -0.05) is 0 Å². The summed E-state index contributed by atoms with van der Waals surface area (Å²) in [4.78, 5) is 5.62. The first-order valence-electron chi connectivity index (χ1n) is 6.41. The smallest absolute Gasteiger partial charge is 0.355 e. The molecule has 0 spiro atoms. The van der Waals surface area contributed by atoms with Gasteiger partial charge in [0.15, 0.2) is 0 Å². The van der Waals surface area contributed by atoms with Crippen molar-refractivity contribution < 1.29 is 21.6 Å². The van der Waals surface area contributed by atoms with Crippen LogP contribution in [0.5, 0.6) is 0 Å². The molecule has 1 aromatic heterocycles. The predicted molar refractivity (Wildman–Crippen MR) is 72.5 cm³/mol. The number of alkyl halides is 3. The van der Waals surface area contributed by atoms with E-state index in [1.54, 1.807) is 4.90 Å². The maximum Gasteiger partial charge on any atom is 0.416 e. The van der Waals surface area contributed by atoms with Crippen molar-refractivity contribution in [3.8, 4) is 0 Å². The van der Waals surface area contributed by atoms with Gasteiger partial charge in [0.25, 0.3) is 0 Å². The van der Waals surface area contributed by atoms with Gasteiger partial charge in [0.1, 0.15) is 5.82 Å². The molecule has 1 N–H and O–H groups in total. The monoisotopic (exact) mass is 323 g/mol. The highest BCUT2D eigenvalue weighted by Crippen LogP contribution is 2.31. The molecule has 9 heteroatoms. The van der Waals surface area contributed by atoms with Crippen molar-refractivity contribution >= 4 is 15.8 Å². The van der Waals surface area contributed by atoms with E-state index in [0.29, 0.717) is 25.9 Å². The molecule has 0 aromatic carbocycles. The molecule has 1 saturated heterocycles. The van der Waals surface area contributed by atoms with E-state index in [4.69, 9.17) is 0 Å². The Morgan fingerprint density at radius 1 is 1.43 bits per heavy atom. The zero-order valence-electron chi connectivity index (χ0n) is 11.4. The van der Waals surface area contributed by atoms with Crippen LogP contribution in [0.25, 0.3) is 0 Å². The van der Waals surface area contributed by atoms with E-state index in [1.807, 2.05) is 0 Å². The summed E-state index contributed by atoms with van der Waals surface area (Å²) < 4.78 is 63.0. The Balaban J connectivity index is 2.15. The van der Waals surface area contributed by atoms with Gasteiger partial charge in [-0.05, 0) is 25.0 Å². The van der Waals surface area contributed by atoms with Gasteiger partial charge >= 0.3 is 6.18 Å². The van der Waals surface area contributed by atoms with E-state index in [0.717, 1.165) is 24.6 Å². The Bertz CT molecular complexity index is 604. The molecule has 0 amide bonds. The van der Waals surface area contributed by atoms with Gasteiger partial charge in [-0.3, -0.25) is 0 Å². The van der Waals surface area contributed by atoms with Crippen LogP contribution in [0.3, 0.4) is 0 Å². The second kappa shape index (κ2) is 5.80. The van der Waals surface area contributed by atoms with E-state index in [1.165, 1.54) is 0 Å². The Hall–Kier alpha value is -1.35. The third-order valence-electron chi connectivity index (χ3n) is 3.20. The van der Waals surface area contributed by atoms with Gasteiger partial charge in [-0.15, -0.1) is 0 Å². The SMILES string of the molecule is CS(=O)(=O)NC1CCCN(c2cc(C(F)(F)F)ccn2)C1. The van der Waals surface area contributed by atoms with Crippen molar-refractivity contribution in [1.29, 1.82) is 0 Å². The van der Waals surface area contributed by atoms with Crippen LogP contribution in [0.4, 0.5) is 19.0 Å². The lowest BCUT2D eigenvalue weighted by Gasteiger charge is -2.33. The lowest BCUT2D eigenvalue weighted by atomic mass is 10.1. The quantitative estimate of drug-likeness (QED) is 0.918. The third kappa shape index (κ3) is 4.57. The number of nitrogens with one attached hydrogen (secondary N) is 1. The maximum absolute atomic E-state index is 12.7. The molecule has 1 atom stereocenters. The molecule has 2 rings (SSSR count). The molecule has 0 radical (unpaired) electrons. The van der Waals surface area contributed by atoms with E-state index in [2.05, 4.69) is 9.71 Å². The molecule has 0 bridgehead atoms. The van der Waals surface area contributed by atoms with Crippen molar-refractivity contribution in [2.24, 2.45) is 0 Å². The van der Waals surface area contributed by atoms with Crippen LogP contribution < -0.4 is 9.62 Å². The number of sulfonamides is 1. The molecule has 1 aromatic rings. The van der Waals surface area contributed by atoms with E-state index in [9.17, 15) is 21.6 Å². The lowest BCUT2D eigenvalue weighted by Crippen LogP contribution is -2.47. The molecule has 5 nitrogen and oxygen atoms in total. The van der Waals surface area contributed by atoms with Gasteiger partial charge in [-0.2, -0.15) is 13.2 Å². The number of hydrogen-bond acceptors (Lipinski definition) is 4. The number of anilines is 1. The summed E-state index contributed by atoms with van der Waals surface area (Å²) >= 11 is 0. The van der Waals surface area contributed by atoms with Crippen molar-refractivity contribution in [2.45, 2.75) is 25.1 Å². The fourth-order valence-corrected chi connectivity index (χ4v) is 3.15. The average Bonchev–Trinajstić information content (AvgIpc) is 2.36. The largest absolute Gasteiger partial charge is 0.416 e. The van der Waals surface area contributed by atoms with Crippen LogP contribution in [0.15, 0.2) is 18.3 Å². The van der Waals surface area contributed by atoms with Crippen molar-refractivity contribution in [2.75, 3.05) is 24.2 Å². The van der Waals surface area contributed by atoms with Gasteiger partial charge < -0.3 is 4.90 Å². The van der Waals surface area contributed by atoms with Crippen LogP contribution in [0.1, 0.15) is 18.4 Å². The topological polar surface area (TPSA) is 62.3 Å². The van der Waals surface area contributed by atoms with Gasteiger partial charge in [0.05, 0.1) is 11.8 Å². The molecular formula is C12H16F3N3O2S. The Morgan fingerprint density at radius 3 is 2.76 bits per heavy atom. The Kier molecular flexibility index (Phi) is 4.43. The summed E-state index contributed by atoms with van der Waals surface area (Å²) in [7, 11) is -3.34. The number of nitrogens with zero attached hydrogens (tertiary/aromatic N) is 2. The van der Waals surface area contributed by atoms with Gasteiger partial charge in [0, 0.05) is 25.3 Å². The molecule has 1 fully saturated rings. The summed E-state index contributed by atoms with van der Waals surface area (Å²) in [6.45, 7) is 0.859. The van der Waals surface area contributed by atoms with Crippen molar-refractivity contribution in [3.05, 3.63) is 23.9 Å². The molecule has 1 aliphatic heterocycles. The van der Waals surface area contributed by atoms with Crippen molar-refractivity contribution in [3.63, 3.8) is 0 Å². The molecule has 1 unspecified atom stereocenters.